The van der Waals surface area contributed by atoms with Gasteiger partial charge < -0.3 is 4.90 Å². The second-order valence-electron chi connectivity index (χ2n) is 8.11. The van der Waals surface area contributed by atoms with Gasteiger partial charge in [-0.15, -0.1) is 0 Å². The predicted octanol–water partition coefficient (Wildman–Crippen LogP) is 3.47. The Balaban J connectivity index is 1.40. The van der Waals surface area contributed by atoms with Gasteiger partial charge in [-0.2, -0.15) is 0 Å². The van der Waals surface area contributed by atoms with Crippen molar-refractivity contribution >= 4 is 37.5 Å². The molecule has 0 spiro atoms. The number of amides is 1. The highest BCUT2D eigenvalue weighted by Crippen LogP contribution is 2.37. The molecule has 6 nitrogen and oxygen atoms in total. The number of nitrogens with one attached hydrogen (secondary N) is 1. The SMILES string of the molecule is CCC(=O)N1CCc2cc(Br)cc(S(=O)(=O)NCCCN3CCc4ccccc4C3)c21. The Bertz CT molecular complexity index is 1090. The average Bonchev–Trinajstić information content (AvgIpc) is 3.19. The number of carbonyl (C=O) groups excluding carboxylic acids is 1. The summed E-state index contributed by atoms with van der Waals surface area (Å²) in [6.07, 6.45) is 2.78. The van der Waals surface area contributed by atoms with Crippen LogP contribution >= 0.6 is 15.9 Å². The van der Waals surface area contributed by atoms with E-state index in [4.69, 9.17) is 0 Å². The first-order valence-corrected chi connectivity index (χ1v) is 13.1. The van der Waals surface area contributed by atoms with Crippen LogP contribution in [0, 0.1) is 0 Å². The molecule has 2 heterocycles. The molecule has 0 bridgehead atoms. The first-order valence-electron chi connectivity index (χ1n) is 10.8. The Morgan fingerprint density at radius 1 is 1.10 bits per heavy atom. The molecular weight excluding hydrogens is 478 g/mol. The first kappa shape index (κ1) is 22.5. The summed E-state index contributed by atoms with van der Waals surface area (Å²) in [7, 11) is -3.73. The number of fused-ring (bicyclic) bond motifs is 2. The fourth-order valence-corrected chi connectivity index (χ4v) is 6.45. The number of carbonyl (C=O) groups is 1. The van der Waals surface area contributed by atoms with Gasteiger partial charge in [0.25, 0.3) is 0 Å². The molecule has 4 rings (SSSR count). The van der Waals surface area contributed by atoms with E-state index < -0.39 is 10.0 Å². The normalized spacial score (nSPS) is 16.3. The number of nitrogens with zero attached hydrogens (tertiary/aromatic N) is 2. The maximum absolute atomic E-state index is 13.1. The molecule has 1 N–H and O–H groups in total. The number of halogens is 1. The molecule has 0 aromatic heterocycles. The van der Waals surface area contributed by atoms with E-state index in [1.165, 1.54) is 11.1 Å². The second-order valence-corrected chi connectivity index (χ2v) is 10.8. The smallest absolute Gasteiger partial charge is 0.242 e. The summed E-state index contributed by atoms with van der Waals surface area (Å²) in [5.41, 5.74) is 4.20. The molecule has 31 heavy (non-hydrogen) atoms. The van der Waals surface area contributed by atoms with Gasteiger partial charge in [-0.1, -0.05) is 47.1 Å². The number of benzene rings is 2. The van der Waals surface area contributed by atoms with E-state index in [1.807, 2.05) is 6.07 Å². The largest absolute Gasteiger partial charge is 0.310 e. The number of hydrogen-bond donors (Lipinski definition) is 1. The van der Waals surface area contributed by atoms with Crippen LogP contribution in [-0.4, -0.2) is 45.4 Å². The van der Waals surface area contributed by atoms with Gasteiger partial charge in [-0.05, 0) is 54.6 Å². The van der Waals surface area contributed by atoms with Gasteiger partial charge in [-0.25, -0.2) is 13.1 Å². The van der Waals surface area contributed by atoms with Crippen molar-refractivity contribution in [1.82, 2.24) is 9.62 Å². The molecule has 0 saturated carbocycles. The van der Waals surface area contributed by atoms with Crippen molar-refractivity contribution in [3.63, 3.8) is 0 Å². The summed E-state index contributed by atoms with van der Waals surface area (Å²) in [6, 6.07) is 12.0. The maximum Gasteiger partial charge on any atom is 0.242 e. The quantitative estimate of drug-likeness (QED) is 0.584. The Hall–Kier alpha value is -1.74. The fraction of sp³-hybridized carbons (Fsp3) is 0.435. The van der Waals surface area contributed by atoms with Crippen LogP contribution in [0.25, 0.3) is 0 Å². The molecule has 0 saturated heterocycles. The molecule has 0 unspecified atom stereocenters. The lowest BCUT2D eigenvalue weighted by molar-refractivity contribution is -0.118. The molecule has 1 amide bonds. The molecule has 0 atom stereocenters. The number of sulfonamides is 1. The van der Waals surface area contributed by atoms with Gasteiger partial charge in [0, 0.05) is 37.1 Å². The van der Waals surface area contributed by atoms with E-state index in [2.05, 4.69) is 49.8 Å². The maximum atomic E-state index is 13.1. The fourth-order valence-electron chi connectivity index (χ4n) is 4.45. The zero-order valence-corrected chi connectivity index (χ0v) is 20.1. The molecule has 166 valence electrons. The van der Waals surface area contributed by atoms with Crippen molar-refractivity contribution in [3.8, 4) is 0 Å². The average molecular weight is 506 g/mol. The van der Waals surface area contributed by atoms with E-state index in [0.29, 0.717) is 36.1 Å². The van der Waals surface area contributed by atoms with Crippen LogP contribution < -0.4 is 9.62 Å². The molecule has 0 aliphatic carbocycles. The van der Waals surface area contributed by atoms with Crippen molar-refractivity contribution in [1.29, 1.82) is 0 Å². The lowest BCUT2D eigenvalue weighted by atomic mass is 10.00. The van der Waals surface area contributed by atoms with Crippen molar-refractivity contribution < 1.29 is 13.2 Å². The molecule has 2 aliphatic heterocycles. The van der Waals surface area contributed by atoms with Crippen molar-refractivity contribution in [2.45, 2.75) is 44.0 Å². The van der Waals surface area contributed by atoms with Crippen LogP contribution in [0.15, 0.2) is 45.8 Å². The van der Waals surface area contributed by atoms with Gasteiger partial charge >= 0.3 is 0 Å². The monoisotopic (exact) mass is 505 g/mol. The van der Waals surface area contributed by atoms with Crippen molar-refractivity contribution in [2.75, 3.05) is 31.1 Å². The second kappa shape index (κ2) is 9.40. The van der Waals surface area contributed by atoms with Crippen LogP contribution in [0.4, 0.5) is 5.69 Å². The highest BCUT2D eigenvalue weighted by Gasteiger charge is 2.32. The van der Waals surface area contributed by atoms with Crippen LogP contribution in [0.1, 0.15) is 36.5 Å². The third-order valence-corrected chi connectivity index (χ3v) is 7.97. The van der Waals surface area contributed by atoms with E-state index in [-0.39, 0.29) is 10.8 Å². The molecule has 0 fully saturated rings. The van der Waals surface area contributed by atoms with Gasteiger partial charge in [0.15, 0.2) is 0 Å². The molecule has 2 aromatic rings. The van der Waals surface area contributed by atoms with Crippen LogP contribution in [0.3, 0.4) is 0 Å². The minimum absolute atomic E-state index is 0.0529. The molecular formula is C23H28BrN3O3S. The summed E-state index contributed by atoms with van der Waals surface area (Å²) >= 11 is 3.43. The number of rotatable bonds is 7. The van der Waals surface area contributed by atoms with Crippen LogP contribution in [-0.2, 0) is 34.2 Å². The van der Waals surface area contributed by atoms with Crippen LogP contribution in [0.2, 0.25) is 0 Å². The topological polar surface area (TPSA) is 69.7 Å². The third-order valence-electron chi connectivity index (χ3n) is 6.04. The molecule has 0 radical (unpaired) electrons. The predicted molar refractivity (Wildman–Crippen MR) is 126 cm³/mol. The zero-order valence-electron chi connectivity index (χ0n) is 17.7. The summed E-state index contributed by atoms with van der Waals surface area (Å²) in [5, 5.41) is 0. The number of anilines is 1. The minimum Gasteiger partial charge on any atom is -0.310 e. The highest BCUT2D eigenvalue weighted by molar-refractivity contribution is 9.10. The van der Waals surface area contributed by atoms with Gasteiger partial charge in [0.2, 0.25) is 15.9 Å². The standard InChI is InChI=1S/C23H28BrN3O3S/c1-2-22(28)27-13-9-18-14-20(24)15-21(23(18)27)31(29,30)25-10-5-11-26-12-8-17-6-3-4-7-19(17)16-26/h3-4,6-7,14-15,25H,2,5,8-13,16H2,1H3. The lowest BCUT2D eigenvalue weighted by Gasteiger charge is -2.28. The third kappa shape index (κ3) is 4.87. The molecule has 2 aromatic carbocycles. The summed E-state index contributed by atoms with van der Waals surface area (Å²) in [4.78, 5) is 16.5. The molecule has 8 heteroatoms. The zero-order chi connectivity index (χ0) is 22.0. The van der Waals surface area contributed by atoms with E-state index in [9.17, 15) is 13.2 Å². The van der Waals surface area contributed by atoms with E-state index in [1.54, 1.807) is 17.9 Å². The van der Waals surface area contributed by atoms with Crippen molar-refractivity contribution in [3.05, 3.63) is 57.6 Å². The summed E-state index contributed by atoms with van der Waals surface area (Å²) in [5.74, 6) is -0.0529. The van der Waals surface area contributed by atoms with Gasteiger partial charge in [-0.3, -0.25) is 9.69 Å². The van der Waals surface area contributed by atoms with E-state index in [0.717, 1.165) is 38.0 Å². The number of hydrogen-bond acceptors (Lipinski definition) is 4. The van der Waals surface area contributed by atoms with Gasteiger partial charge in [0.1, 0.15) is 4.90 Å². The highest BCUT2D eigenvalue weighted by atomic mass is 79.9. The van der Waals surface area contributed by atoms with Gasteiger partial charge in [0.05, 0.1) is 5.69 Å². The summed E-state index contributed by atoms with van der Waals surface area (Å²) < 4.78 is 29.7. The Morgan fingerprint density at radius 3 is 2.61 bits per heavy atom. The van der Waals surface area contributed by atoms with Crippen LogP contribution in [0.5, 0.6) is 0 Å². The minimum atomic E-state index is -3.73. The first-order chi connectivity index (χ1) is 14.9. The van der Waals surface area contributed by atoms with Crippen molar-refractivity contribution in [2.24, 2.45) is 0 Å². The Kier molecular flexibility index (Phi) is 6.81. The molecule has 2 aliphatic rings. The summed E-state index contributed by atoms with van der Waals surface area (Å²) in [6.45, 7) is 5.44. The Morgan fingerprint density at radius 2 is 1.84 bits per heavy atom. The Labute approximate surface area is 192 Å². The van der Waals surface area contributed by atoms with E-state index >= 15 is 0 Å². The lowest BCUT2D eigenvalue weighted by Crippen LogP contribution is -2.34.